The van der Waals surface area contributed by atoms with Gasteiger partial charge in [-0.15, -0.1) is 11.3 Å². The fraction of sp³-hybridized carbons (Fsp3) is 0.333. The molecule has 1 aliphatic heterocycles. The number of carbonyl (C=O) groups excluding carboxylic acids is 1. The lowest BCUT2D eigenvalue weighted by Crippen LogP contribution is -2.41. The van der Waals surface area contributed by atoms with Crippen LogP contribution in [0, 0.1) is 0 Å². The lowest BCUT2D eigenvalue weighted by atomic mass is 10.1. The molecule has 1 amide bonds. The van der Waals surface area contributed by atoms with Crippen LogP contribution in [0.3, 0.4) is 0 Å². The summed E-state index contributed by atoms with van der Waals surface area (Å²) in [4.78, 5) is 25.0. The Morgan fingerprint density at radius 1 is 1.35 bits per heavy atom. The van der Waals surface area contributed by atoms with Crippen LogP contribution in [0.25, 0.3) is 10.1 Å². The Kier molecular flexibility index (Phi) is 3.44. The van der Waals surface area contributed by atoms with Gasteiger partial charge in [0.05, 0.1) is 6.42 Å². The standard InChI is InChI=1S/C15H15NO3S/c17-14(16-7-3-5-12(16)15(18)19)8-10-9-20-13-6-2-1-4-11(10)13/h1-2,4,6,9,12H,3,5,7-8H2,(H,18,19)/t12-/m1/s1. The molecule has 1 aromatic carbocycles. The van der Waals surface area contributed by atoms with Crippen LogP contribution < -0.4 is 0 Å². The maximum Gasteiger partial charge on any atom is 0.326 e. The molecule has 1 atom stereocenters. The molecule has 0 radical (unpaired) electrons. The average molecular weight is 289 g/mol. The van der Waals surface area contributed by atoms with E-state index in [0.29, 0.717) is 13.0 Å². The van der Waals surface area contributed by atoms with Crippen LogP contribution in [-0.4, -0.2) is 34.5 Å². The number of hydrogen-bond donors (Lipinski definition) is 1. The van der Waals surface area contributed by atoms with E-state index in [2.05, 4.69) is 0 Å². The first-order valence-corrected chi connectivity index (χ1v) is 7.52. The molecular formula is C15H15NO3S. The first kappa shape index (κ1) is 13.1. The third kappa shape index (κ3) is 2.29. The van der Waals surface area contributed by atoms with Crippen LogP contribution in [0.15, 0.2) is 29.6 Å². The van der Waals surface area contributed by atoms with Gasteiger partial charge in [-0.3, -0.25) is 4.79 Å². The highest BCUT2D eigenvalue weighted by Gasteiger charge is 2.33. The van der Waals surface area contributed by atoms with Crippen molar-refractivity contribution in [2.24, 2.45) is 0 Å². The third-order valence-electron chi connectivity index (χ3n) is 3.76. The summed E-state index contributed by atoms with van der Waals surface area (Å²) in [5.41, 5.74) is 0.992. The molecule has 4 nitrogen and oxygen atoms in total. The van der Waals surface area contributed by atoms with Gasteiger partial charge in [0.15, 0.2) is 0 Å². The summed E-state index contributed by atoms with van der Waals surface area (Å²) in [6.07, 6.45) is 1.62. The second kappa shape index (κ2) is 5.25. The molecule has 104 valence electrons. The number of amides is 1. The maximum atomic E-state index is 12.3. The third-order valence-corrected chi connectivity index (χ3v) is 4.77. The Morgan fingerprint density at radius 3 is 2.95 bits per heavy atom. The molecule has 0 spiro atoms. The second-order valence-electron chi connectivity index (χ2n) is 5.02. The number of fused-ring (bicyclic) bond motifs is 1. The molecule has 2 heterocycles. The summed E-state index contributed by atoms with van der Waals surface area (Å²) in [5.74, 6) is -0.982. The summed E-state index contributed by atoms with van der Waals surface area (Å²) in [5, 5.41) is 12.2. The van der Waals surface area contributed by atoms with Crippen molar-refractivity contribution in [2.75, 3.05) is 6.54 Å². The summed E-state index contributed by atoms with van der Waals surface area (Å²) < 4.78 is 1.16. The summed E-state index contributed by atoms with van der Waals surface area (Å²) >= 11 is 1.62. The molecule has 0 unspecified atom stereocenters. The summed E-state index contributed by atoms with van der Waals surface area (Å²) in [7, 11) is 0. The summed E-state index contributed by atoms with van der Waals surface area (Å²) in [6.45, 7) is 0.553. The molecule has 1 fully saturated rings. The Hall–Kier alpha value is -1.88. The number of rotatable bonds is 3. The van der Waals surface area contributed by atoms with Crippen molar-refractivity contribution in [2.45, 2.75) is 25.3 Å². The normalized spacial score (nSPS) is 18.6. The minimum absolute atomic E-state index is 0.0848. The highest BCUT2D eigenvalue weighted by atomic mass is 32.1. The number of nitrogens with zero attached hydrogens (tertiary/aromatic N) is 1. The smallest absolute Gasteiger partial charge is 0.326 e. The molecule has 0 bridgehead atoms. The van der Waals surface area contributed by atoms with Crippen molar-refractivity contribution in [1.82, 2.24) is 4.90 Å². The number of thiophene rings is 1. The van der Waals surface area contributed by atoms with Crippen molar-refractivity contribution in [1.29, 1.82) is 0 Å². The van der Waals surface area contributed by atoms with Gasteiger partial charge in [-0.05, 0) is 35.2 Å². The van der Waals surface area contributed by atoms with E-state index in [1.54, 1.807) is 11.3 Å². The van der Waals surface area contributed by atoms with E-state index in [0.717, 1.165) is 22.1 Å². The minimum atomic E-state index is -0.897. The van der Waals surface area contributed by atoms with E-state index in [4.69, 9.17) is 5.11 Å². The molecule has 0 aliphatic carbocycles. The van der Waals surface area contributed by atoms with E-state index >= 15 is 0 Å². The number of hydrogen-bond acceptors (Lipinski definition) is 3. The predicted octanol–water partition coefficient (Wildman–Crippen LogP) is 2.52. The zero-order chi connectivity index (χ0) is 14.1. The number of likely N-dealkylation sites (tertiary alicyclic amines) is 1. The van der Waals surface area contributed by atoms with E-state index in [1.165, 1.54) is 4.90 Å². The number of aliphatic carboxylic acids is 1. The van der Waals surface area contributed by atoms with Crippen molar-refractivity contribution >= 4 is 33.3 Å². The Bertz CT molecular complexity index is 664. The number of carboxylic acid groups (broad SMARTS) is 1. The van der Waals surface area contributed by atoms with Gasteiger partial charge in [-0.2, -0.15) is 0 Å². The van der Waals surface area contributed by atoms with Gasteiger partial charge in [0.1, 0.15) is 6.04 Å². The maximum absolute atomic E-state index is 12.3. The first-order valence-electron chi connectivity index (χ1n) is 6.64. The second-order valence-corrected chi connectivity index (χ2v) is 5.93. The van der Waals surface area contributed by atoms with Gasteiger partial charge in [0.2, 0.25) is 5.91 Å². The van der Waals surface area contributed by atoms with Crippen LogP contribution in [0.4, 0.5) is 0 Å². The van der Waals surface area contributed by atoms with Crippen LogP contribution in [0.5, 0.6) is 0 Å². The predicted molar refractivity (Wildman–Crippen MR) is 77.9 cm³/mol. The van der Waals surface area contributed by atoms with Gasteiger partial charge in [0.25, 0.3) is 0 Å². The summed E-state index contributed by atoms with van der Waals surface area (Å²) in [6, 6.07) is 7.33. The van der Waals surface area contributed by atoms with Crippen LogP contribution in [0.1, 0.15) is 18.4 Å². The van der Waals surface area contributed by atoms with Crippen molar-refractivity contribution in [3.05, 3.63) is 35.2 Å². The Morgan fingerprint density at radius 2 is 2.15 bits per heavy atom. The number of carbonyl (C=O) groups is 2. The van der Waals surface area contributed by atoms with E-state index in [9.17, 15) is 9.59 Å². The molecule has 1 saturated heterocycles. The van der Waals surface area contributed by atoms with Gasteiger partial charge in [-0.25, -0.2) is 4.79 Å². The van der Waals surface area contributed by atoms with Gasteiger partial charge < -0.3 is 10.0 Å². The highest BCUT2D eigenvalue weighted by molar-refractivity contribution is 7.17. The zero-order valence-electron chi connectivity index (χ0n) is 10.9. The number of carboxylic acids is 1. The Labute approximate surface area is 120 Å². The minimum Gasteiger partial charge on any atom is -0.480 e. The molecule has 20 heavy (non-hydrogen) atoms. The topological polar surface area (TPSA) is 57.6 Å². The van der Waals surface area contributed by atoms with Crippen molar-refractivity contribution < 1.29 is 14.7 Å². The fourth-order valence-corrected chi connectivity index (χ4v) is 3.72. The first-order chi connectivity index (χ1) is 9.66. The van der Waals surface area contributed by atoms with Crippen LogP contribution >= 0.6 is 11.3 Å². The van der Waals surface area contributed by atoms with Crippen molar-refractivity contribution in [3.8, 4) is 0 Å². The quantitative estimate of drug-likeness (QED) is 0.944. The van der Waals surface area contributed by atoms with Gasteiger partial charge in [0, 0.05) is 11.2 Å². The molecule has 1 aromatic heterocycles. The SMILES string of the molecule is O=C(O)[C@H]1CCCN1C(=O)Cc1csc2ccccc12. The molecule has 1 N–H and O–H groups in total. The lowest BCUT2D eigenvalue weighted by molar-refractivity contribution is -0.147. The fourth-order valence-electron chi connectivity index (χ4n) is 2.76. The average Bonchev–Trinajstić information content (AvgIpc) is 3.06. The van der Waals surface area contributed by atoms with E-state index in [1.807, 2.05) is 29.6 Å². The largest absolute Gasteiger partial charge is 0.480 e. The van der Waals surface area contributed by atoms with Crippen LogP contribution in [-0.2, 0) is 16.0 Å². The van der Waals surface area contributed by atoms with E-state index < -0.39 is 12.0 Å². The highest BCUT2D eigenvalue weighted by Crippen LogP contribution is 2.27. The lowest BCUT2D eigenvalue weighted by Gasteiger charge is -2.21. The molecular weight excluding hydrogens is 274 g/mol. The molecule has 2 aromatic rings. The molecule has 3 rings (SSSR count). The molecule has 1 aliphatic rings. The Balaban J connectivity index is 1.80. The van der Waals surface area contributed by atoms with Gasteiger partial charge >= 0.3 is 5.97 Å². The van der Waals surface area contributed by atoms with Crippen molar-refractivity contribution in [3.63, 3.8) is 0 Å². The van der Waals surface area contributed by atoms with Crippen LogP contribution in [0.2, 0.25) is 0 Å². The zero-order valence-corrected chi connectivity index (χ0v) is 11.7. The molecule has 5 heteroatoms. The van der Waals surface area contributed by atoms with E-state index in [-0.39, 0.29) is 12.3 Å². The monoisotopic (exact) mass is 289 g/mol. The van der Waals surface area contributed by atoms with Gasteiger partial charge in [-0.1, -0.05) is 18.2 Å². The molecule has 0 saturated carbocycles. The number of benzene rings is 1.